The monoisotopic (exact) mass is 327 g/mol. The van der Waals surface area contributed by atoms with Crippen LogP contribution >= 0.6 is 0 Å². The molecule has 0 saturated heterocycles. The second-order valence-electron chi connectivity index (χ2n) is 5.68. The molecule has 0 radical (unpaired) electrons. The molecule has 24 heavy (non-hydrogen) atoms. The van der Waals surface area contributed by atoms with Crippen LogP contribution in [0.3, 0.4) is 0 Å². The van der Waals surface area contributed by atoms with Crippen molar-refractivity contribution in [2.75, 3.05) is 0 Å². The van der Waals surface area contributed by atoms with Gasteiger partial charge in [-0.05, 0) is 37.1 Å². The van der Waals surface area contributed by atoms with Crippen molar-refractivity contribution in [3.63, 3.8) is 0 Å². The van der Waals surface area contributed by atoms with Gasteiger partial charge in [-0.15, -0.1) is 0 Å². The summed E-state index contributed by atoms with van der Waals surface area (Å²) < 4.78 is 18.0. The number of amides is 1. The molecule has 1 aliphatic carbocycles. The highest BCUT2D eigenvalue weighted by Crippen LogP contribution is 2.37. The van der Waals surface area contributed by atoms with E-state index in [1.165, 1.54) is 18.2 Å². The summed E-state index contributed by atoms with van der Waals surface area (Å²) in [5.41, 5.74) is 1.14. The van der Waals surface area contributed by atoms with Crippen LogP contribution in [0.1, 0.15) is 41.0 Å². The van der Waals surface area contributed by atoms with Gasteiger partial charge in [-0.3, -0.25) is 9.89 Å². The smallest absolute Gasteiger partial charge is 0.290 e. The average Bonchev–Trinajstić information content (AvgIpc) is 3.13. The van der Waals surface area contributed by atoms with Crippen molar-refractivity contribution in [3.8, 4) is 11.3 Å². The predicted molar refractivity (Wildman–Crippen MR) is 81.4 cm³/mol. The summed E-state index contributed by atoms with van der Waals surface area (Å²) in [4.78, 5) is 16.4. The molecule has 122 valence electrons. The SMILES string of the molecule is O=C(NCc1nc(C2CC2)n[nH]1)c1cc(-c2ccc(F)cc2)no1. The first-order chi connectivity index (χ1) is 11.7. The maximum atomic E-state index is 12.9. The number of aromatic nitrogens is 4. The van der Waals surface area contributed by atoms with Gasteiger partial charge >= 0.3 is 0 Å². The van der Waals surface area contributed by atoms with E-state index < -0.39 is 5.91 Å². The molecule has 1 fully saturated rings. The van der Waals surface area contributed by atoms with E-state index in [1.54, 1.807) is 12.1 Å². The Hall–Kier alpha value is -3.03. The lowest BCUT2D eigenvalue weighted by Crippen LogP contribution is -2.22. The summed E-state index contributed by atoms with van der Waals surface area (Å²) in [6.45, 7) is 0.227. The van der Waals surface area contributed by atoms with Crippen LogP contribution in [0.5, 0.6) is 0 Å². The van der Waals surface area contributed by atoms with E-state index in [1.807, 2.05) is 0 Å². The number of benzene rings is 1. The molecule has 0 aliphatic heterocycles. The molecule has 8 heteroatoms. The Balaban J connectivity index is 1.39. The number of H-pyrrole nitrogens is 1. The quantitative estimate of drug-likeness (QED) is 0.750. The number of hydrogen-bond donors (Lipinski definition) is 2. The van der Waals surface area contributed by atoms with Gasteiger partial charge < -0.3 is 9.84 Å². The first-order valence-corrected chi connectivity index (χ1v) is 7.61. The van der Waals surface area contributed by atoms with Gasteiger partial charge in [0.25, 0.3) is 5.91 Å². The zero-order chi connectivity index (χ0) is 16.5. The number of halogens is 1. The normalized spacial score (nSPS) is 13.9. The highest BCUT2D eigenvalue weighted by atomic mass is 19.1. The van der Waals surface area contributed by atoms with Crippen LogP contribution in [0.2, 0.25) is 0 Å². The fourth-order valence-electron chi connectivity index (χ4n) is 2.30. The van der Waals surface area contributed by atoms with Crippen molar-refractivity contribution < 1.29 is 13.7 Å². The third-order valence-corrected chi connectivity index (χ3v) is 3.78. The standard InChI is InChI=1S/C16H14FN5O2/c17-11-5-3-9(4-6-11)12-7-13(24-22-12)16(23)18-8-14-19-15(21-20-14)10-1-2-10/h3-7,10H,1-2,8H2,(H,18,23)(H,19,20,21). The van der Waals surface area contributed by atoms with Crippen LogP contribution in [0.15, 0.2) is 34.9 Å². The summed E-state index contributed by atoms with van der Waals surface area (Å²) in [6.07, 6.45) is 2.24. The number of aromatic amines is 1. The van der Waals surface area contributed by atoms with Crippen molar-refractivity contribution in [2.45, 2.75) is 25.3 Å². The number of hydrogen-bond acceptors (Lipinski definition) is 5. The van der Waals surface area contributed by atoms with Crippen molar-refractivity contribution in [1.82, 2.24) is 25.7 Å². The maximum Gasteiger partial charge on any atom is 0.290 e. The maximum absolute atomic E-state index is 12.9. The van der Waals surface area contributed by atoms with E-state index >= 15 is 0 Å². The van der Waals surface area contributed by atoms with E-state index in [2.05, 4.69) is 25.7 Å². The molecule has 1 aromatic carbocycles. The van der Waals surface area contributed by atoms with E-state index in [0.29, 0.717) is 23.0 Å². The molecule has 2 heterocycles. The van der Waals surface area contributed by atoms with E-state index in [0.717, 1.165) is 18.7 Å². The van der Waals surface area contributed by atoms with Crippen LogP contribution in [-0.2, 0) is 6.54 Å². The summed E-state index contributed by atoms with van der Waals surface area (Å²) in [5.74, 6) is 1.20. The van der Waals surface area contributed by atoms with Gasteiger partial charge in [0.05, 0.1) is 6.54 Å². The molecule has 7 nitrogen and oxygen atoms in total. The Morgan fingerprint density at radius 2 is 2.12 bits per heavy atom. The van der Waals surface area contributed by atoms with Crippen molar-refractivity contribution in [1.29, 1.82) is 0 Å². The predicted octanol–water partition coefficient (Wildman–Crippen LogP) is 2.41. The van der Waals surface area contributed by atoms with E-state index in [-0.39, 0.29) is 18.1 Å². The van der Waals surface area contributed by atoms with Gasteiger partial charge in [-0.1, -0.05) is 5.16 Å². The molecule has 0 spiro atoms. The van der Waals surface area contributed by atoms with Crippen LogP contribution < -0.4 is 5.32 Å². The van der Waals surface area contributed by atoms with E-state index in [4.69, 9.17) is 4.52 Å². The molecule has 1 amide bonds. The first-order valence-electron chi connectivity index (χ1n) is 7.61. The molecule has 2 N–H and O–H groups in total. The number of carbonyl (C=O) groups is 1. The summed E-state index contributed by atoms with van der Waals surface area (Å²) in [7, 11) is 0. The third-order valence-electron chi connectivity index (χ3n) is 3.78. The molecule has 0 bridgehead atoms. The molecule has 0 unspecified atom stereocenters. The minimum atomic E-state index is -0.403. The third kappa shape index (κ3) is 3.03. The topological polar surface area (TPSA) is 96.7 Å². The molecule has 1 saturated carbocycles. The molecule has 0 atom stereocenters. The van der Waals surface area contributed by atoms with Gasteiger partial charge in [0, 0.05) is 17.5 Å². The van der Waals surface area contributed by atoms with Crippen LogP contribution in [0, 0.1) is 5.82 Å². The average molecular weight is 327 g/mol. The zero-order valence-corrected chi connectivity index (χ0v) is 12.6. The molecule has 1 aliphatic rings. The molecule has 3 aromatic rings. The number of carbonyl (C=O) groups excluding carboxylic acids is 1. The van der Waals surface area contributed by atoms with Crippen molar-refractivity contribution >= 4 is 5.91 Å². The lowest BCUT2D eigenvalue weighted by Gasteiger charge is -1.98. The summed E-state index contributed by atoms with van der Waals surface area (Å²) >= 11 is 0. The van der Waals surface area contributed by atoms with Crippen LogP contribution in [-0.4, -0.2) is 26.2 Å². The van der Waals surface area contributed by atoms with Gasteiger partial charge in [-0.2, -0.15) is 5.10 Å². The largest absolute Gasteiger partial charge is 0.350 e. The van der Waals surface area contributed by atoms with Crippen LogP contribution in [0.25, 0.3) is 11.3 Å². The van der Waals surface area contributed by atoms with Gasteiger partial charge in [0.1, 0.15) is 17.3 Å². The highest BCUT2D eigenvalue weighted by Gasteiger charge is 2.27. The fraction of sp³-hybridized carbons (Fsp3) is 0.250. The molecule has 4 rings (SSSR count). The summed E-state index contributed by atoms with van der Waals surface area (Å²) in [6, 6.07) is 7.31. The Morgan fingerprint density at radius 3 is 2.88 bits per heavy atom. The number of nitrogens with one attached hydrogen (secondary N) is 2. The minimum absolute atomic E-state index is 0.0799. The van der Waals surface area contributed by atoms with Gasteiger partial charge in [0.15, 0.2) is 5.82 Å². The fourth-order valence-corrected chi connectivity index (χ4v) is 2.30. The number of rotatable bonds is 5. The Bertz CT molecular complexity index is 867. The zero-order valence-electron chi connectivity index (χ0n) is 12.6. The van der Waals surface area contributed by atoms with Gasteiger partial charge in [-0.25, -0.2) is 9.37 Å². The molecular weight excluding hydrogens is 313 g/mol. The molecular formula is C16H14FN5O2. The molecule has 2 aromatic heterocycles. The second kappa shape index (κ2) is 5.88. The Kier molecular flexibility index (Phi) is 3.56. The highest BCUT2D eigenvalue weighted by molar-refractivity contribution is 5.92. The van der Waals surface area contributed by atoms with Crippen molar-refractivity contribution in [3.05, 3.63) is 53.6 Å². The van der Waals surface area contributed by atoms with Crippen molar-refractivity contribution in [2.24, 2.45) is 0 Å². The Morgan fingerprint density at radius 1 is 1.33 bits per heavy atom. The number of nitrogens with zero attached hydrogens (tertiary/aromatic N) is 3. The lowest BCUT2D eigenvalue weighted by atomic mass is 10.1. The second-order valence-corrected chi connectivity index (χ2v) is 5.68. The Labute approximate surface area is 136 Å². The van der Waals surface area contributed by atoms with Crippen LogP contribution in [0.4, 0.5) is 4.39 Å². The lowest BCUT2D eigenvalue weighted by molar-refractivity contribution is 0.0913. The first kappa shape index (κ1) is 14.6. The van der Waals surface area contributed by atoms with E-state index in [9.17, 15) is 9.18 Å². The van der Waals surface area contributed by atoms with Gasteiger partial charge in [0.2, 0.25) is 5.76 Å². The summed E-state index contributed by atoms with van der Waals surface area (Å²) in [5, 5.41) is 13.5. The minimum Gasteiger partial charge on any atom is -0.350 e.